The van der Waals surface area contributed by atoms with Crippen LogP contribution in [-0.2, 0) is 19.5 Å². The minimum atomic E-state index is 0. The molecule has 1 heterocycles. The molecule has 0 fully saturated rings. The van der Waals surface area contributed by atoms with Gasteiger partial charge in [-0.15, -0.1) is 34.2 Å². The van der Waals surface area contributed by atoms with Crippen molar-refractivity contribution in [3.63, 3.8) is 0 Å². The van der Waals surface area contributed by atoms with Crippen LogP contribution in [0.5, 0.6) is 5.75 Å². The highest BCUT2D eigenvalue weighted by Gasteiger charge is 2.04. The van der Waals surface area contributed by atoms with Gasteiger partial charge in [-0.05, 0) is 36.2 Å². The summed E-state index contributed by atoms with van der Waals surface area (Å²) in [6, 6.07) is 18.4. The van der Waals surface area contributed by atoms with Gasteiger partial charge < -0.3 is 24.8 Å². The van der Waals surface area contributed by atoms with Crippen LogP contribution >= 0.6 is 24.0 Å². The van der Waals surface area contributed by atoms with E-state index in [1.807, 2.05) is 30.3 Å². The van der Waals surface area contributed by atoms with Crippen LogP contribution in [0.2, 0.25) is 0 Å². The van der Waals surface area contributed by atoms with Gasteiger partial charge in [0.15, 0.2) is 5.96 Å². The van der Waals surface area contributed by atoms with Crippen molar-refractivity contribution >= 4 is 35.6 Å². The number of halogens is 1. The zero-order chi connectivity index (χ0) is 23.3. The van der Waals surface area contributed by atoms with Crippen molar-refractivity contribution in [1.29, 1.82) is 0 Å². The third-order valence-electron chi connectivity index (χ3n) is 5.40. The molecule has 2 N–H and O–H groups in total. The van der Waals surface area contributed by atoms with Crippen LogP contribution < -0.4 is 20.3 Å². The second-order valence-corrected chi connectivity index (χ2v) is 7.77. The van der Waals surface area contributed by atoms with Crippen molar-refractivity contribution in [2.75, 3.05) is 38.7 Å². The Morgan fingerprint density at radius 1 is 1.06 bits per heavy atom. The van der Waals surface area contributed by atoms with E-state index in [9.17, 15) is 0 Å². The first-order valence-corrected chi connectivity index (χ1v) is 11.5. The Labute approximate surface area is 219 Å². The van der Waals surface area contributed by atoms with E-state index in [1.165, 1.54) is 5.69 Å². The molecular weight excluding hydrogens is 541 g/mol. The average molecular weight is 578 g/mol. The lowest BCUT2D eigenvalue weighted by molar-refractivity contribution is 0.414. The minimum Gasteiger partial charge on any atom is -0.497 e. The number of aromatic nitrogens is 3. The van der Waals surface area contributed by atoms with Gasteiger partial charge in [0.05, 0.1) is 13.7 Å². The van der Waals surface area contributed by atoms with Crippen LogP contribution in [0.15, 0.2) is 65.9 Å². The number of para-hydroxylation sites is 1. The lowest BCUT2D eigenvalue weighted by atomic mass is 10.2. The lowest BCUT2D eigenvalue weighted by Crippen LogP contribution is -2.40. The number of nitrogens with one attached hydrogen (secondary N) is 2. The Bertz CT molecular complexity index is 976. The van der Waals surface area contributed by atoms with Crippen molar-refractivity contribution < 1.29 is 4.74 Å². The number of methoxy groups -OCH3 is 1. The van der Waals surface area contributed by atoms with Gasteiger partial charge in [0.1, 0.15) is 17.9 Å². The van der Waals surface area contributed by atoms with Crippen LogP contribution in [0.4, 0.5) is 5.69 Å². The van der Waals surface area contributed by atoms with Gasteiger partial charge in [0.2, 0.25) is 0 Å². The molecule has 184 valence electrons. The van der Waals surface area contributed by atoms with Gasteiger partial charge in [-0.25, -0.2) is 4.99 Å². The Balaban J connectivity index is 0.00000408. The zero-order valence-electron chi connectivity index (χ0n) is 20.3. The number of aliphatic imine (C=N–C) groups is 1. The van der Waals surface area contributed by atoms with Gasteiger partial charge in [-0.2, -0.15) is 0 Å². The van der Waals surface area contributed by atoms with Gasteiger partial charge in [-0.3, -0.25) is 0 Å². The molecule has 34 heavy (non-hydrogen) atoms. The first-order chi connectivity index (χ1) is 16.2. The van der Waals surface area contributed by atoms with Crippen molar-refractivity contribution in [3.05, 3.63) is 72.3 Å². The fraction of sp³-hybridized carbons (Fsp3) is 0.400. The quantitative estimate of drug-likeness (QED) is 0.148. The summed E-state index contributed by atoms with van der Waals surface area (Å²) in [5.41, 5.74) is 2.36. The summed E-state index contributed by atoms with van der Waals surface area (Å²) < 4.78 is 7.31. The highest BCUT2D eigenvalue weighted by atomic mass is 127. The zero-order valence-corrected chi connectivity index (χ0v) is 22.6. The van der Waals surface area contributed by atoms with Crippen LogP contribution in [0.25, 0.3) is 0 Å². The van der Waals surface area contributed by atoms with E-state index in [4.69, 9.17) is 9.73 Å². The molecule has 0 aliphatic carbocycles. The SMILES string of the molecule is CCc1nncn1CCNC(=NCc1ccc(OC)cc1)NCCCN(C)c1ccccc1.I. The molecular formula is C25H36IN7O. The molecule has 0 aliphatic rings. The highest BCUT2D eigenvalue weighted by molar-refractivity contribution is 14.0. The fourth-order valence-corrected chi connectivity index (χ4v) is 3.44. The van der Waals surface area contributed by atoms with Crippen molar-refractivity contribution in [1.82, 2.24) is 25.4 Å². The molecule has 0 atom stereocenters. The molecule has 0 bridgehead atoms. The summed E-state index contributed by atoms with van der Waals surface area (Å²) in [5.74, 6) is 2.65. The van der Waals surface area contributed by atoms with E-state index in [2.05, 4.69) is 68.5 Å². The number of hydrogen-bond donors (Lipinski definition) is 2. The smallest absolute Gasteiger partial charge is 0.191 e. The monoisotopic (exact) mass is 577 g/mol. The van der Waals surface area contributed by atoms with Gasteiger partial charge in [0, 0.05) is 45.3 Å². The number of rotatable bonds is 12. The molecule has 0 unspecified atom stereocenters. The van der Waals surface area contributed by atoms with Crippen molar-refractivity contribution in [2.45, 2.75) is 32.9 Å². The molecule has 9 heteroatoms. The number of nitrogens with zero attached hydrogens (tertiary/aromatic N) is 5. The number of hydrogen-bond acceptors (Lipinski definition) is 5. The molecule has 8 nitrogen and oxygen atoms in total. The normalized spacial score (nSPS) is 11.0. The van der Waals surface area contributed by atoms with E-state index >= 15 is 0 Å². The summed E-state index contributed by atoms with van der Waals surface area (Å²) in [5, 5.41) is 15.1. The summed E-state index contributed by atoms with van der Waals surface area (Å²) in [4.78, 5) is 7.05. The number of anilines is 1. The number of guanidine groups is 1. The molecule has 2 aromatic carbocycles. The molecule has 0 saturated carbocycles. The maximum Gasteiger partial charge on any atom is 0.191 e. The molecule has 0 amide bonds. The predicted molar refractivity (Wildman–Crippen MR) is 149 cm³/mol. The Morgan fingerprint density at radius 2 is 1.79 bits per heavy atom. The van der Waals surface area contributed by atoms with Crippen LogP contribution in [-0.4, -0.2) is 54.5 Å². The second-order valence-electron chi connectivity index (χ2n) is 7.77. The van der Waals surface area contributed by atoms with Gasteiger partial charge in [-0.1, -0.05) is 37.3 Å². The largest absolute Gasteiger partial charge is 0.497 e. The highest BCUT2D eigenvalue weighted by Crippen LogP contribution is 2.12. The summed E-state index contributed by atoms with van der Waals surface area (Å²) in [7, 11) is 3.80. The maximum atomic E-state index is 5.24. The molecule has 3 aromatic rings. The van der Waals surface area contributed by atoms with Gasteiger partial charge >= 0.3 is 0 Å². The summed E-state index contributed by atoms with van der Waals surface area (Å²) in [6.07, 6.45) is 3.65. The summed E-state index contributed by atoms with van der Waals surface area (Å²) in [6.45, 7) is 6.00. The third-order valence-corrected chi connectivity index (χ3v) is 5.40. The van der Waals surface area contributed by atoms with Gasteiger partial charge in [0.25, 0.3) is 0 Å². The lowest BCUT2D eigenvalue weighted by Gasteiger charge is -2.20. The Morgan fingerprint density at radius 3 is 2.50 bits per heavy atom. The van der Waals surface area contributed by atoms with Crippen molar-refractivity contribution in [2.24, 2.45) is 4.99 Å². The van der Waals surface area contributed by atoms with E-state index < -0.39 is 0 Å². The molecule has 0 aliphatic heterocycles. The molecule has 1 aromatic heterocycles. The van der Waals surface area contributed by atoms with E-state index in [0.717, 1.165) is 62.1 Å². The molecule has 0 saturated heterocycles. The third kappa shape index (κ3) is 8.85. The first-order valence-electron chi connectivity index (χ1n) is 11.5. The van der Waals surface area contributed by atoms with Crippen LogP contribution in [0.1, 0.15) is 24.7 Å². The molecule has 0 spiro atoms. The number of aryl methyl sites for hydroxylation is 1. The average Bonchev–Trinajstić information content (AvgIpc) is 3.33. The topological polar surface area (TPSA) is 79.6 Å². The fourth-order valence-electron chi connectivity index (χ4n) is 3.44. The second kappa shape index (κ2) is 15.2. The number of ether oxygens (including phenoxy) is 1. The van der Waals surface area contributed by atoms with Crippen molar-refractivity contribution in [3.8, 4) is 5.75 Å². The molecule has 3 rings (SSSR count). The van der Waals surface area contributed by atoms with E-state index in [1.54, 1.807) is 13.4 Å². The predicted octanol–water partition coefficient (Wildman–Crippen LogP) is 3.73. The summed E-state index contributed by atoms with van der Waals surface area (Å²) >= 11 is 0. The van der Waals surface area contributed by atoms with E-state index in [0.29, 0.717) is 6.54 Å². The Hall–Kier alpha value is -2.82. The maximum absolute atomic E-state index is 5.24. The standard InChI is InChI=1S/C25H35N7O.HI/c1-4-24-30-29-20-32(24)18-16-27-25(28-19-21-11-13-23(33-3)14-12-21)26-15-8-17-31(2)22-9-6-5-7-10-22;/h5-7,9-14,20H,4,8,15-19H2,1-3H3,(H2,26,27,28);1H. The first kappa shape index (κ1) is 27.4. The Kier molecular flexibility index (Phi) is 12.2. The number of benzene rings is 2. The van der Waals surface area contributed by atoms with Crippen LogP contribution in [0.3, 0.4) is 0 Å². The minimum absolute atomic E-state index is 0. The molecule has 0 radical (unpaired) electrons. The van der Waals surface area contributed by atoms with E-state index in [-0.39, 0.29) is 24.0 Å². The van der Waals surface area contributed by atoms with Crippen LogP contribution in [0, 0.1) is 0 Å².